The SMILES string of the molecule is C/C=C(F)/C=C/F. The van der Waals surface area contributed by atoms with Crippen LogP contribution in [0.2, 0.25) is 0 Å². The van der Waals surface area contributed by atoms with E-state index in [0.717, 1.165) is 6.08 Å². The maximum atomic E-state index is 11.7. The van der Waals surface area contributed by atoms with Gasteiger partial charge in [0.25, 0.3) is 0 Å². The minimum absolute atomic E-state index is 0.162. The molecule has 0 atom stereocenters. The molecule has 0 unspecified atom stereocenters. The molecule has 0 aromatic rings. The van der Waals surface area contributed by atoms with Crippen molar-refractivity contribution in [2.24, 2.45) is 0 Å². The number of hydrogen-bond donors (Lipinski definition) is 0. The van der Waals surface area contributed by atoms with Gasteiger partial charge in [-0.25, -0.2) is 8.78 Å². The average molecular weight is 104 g/mol. The van der Waals surface area contributed by atoms with E-state index in [1.807, 2.05) is 0 Å². The first-order chi connectivity index (χ1) is 3.31. The Balaban J connectivity index is 3.58. The molecule has 0 N–H and O–H groups in total. The van der Waals surface area contributed by atoms with Crippen LogP contribution in [0.4, 0.5) is 8.78 Å². The highest BCUT2D eigenvalue weighted by Crippen LogP contribution is 1.95. The lowest BCUT2D eigenvalue weighted by Crippen LogP contribution is -1.56. The van der Waals surface area contributed by atoms with Crippen LogP contribution in [0.15, 0.2) is 24.3 Å². The summed E-state index contributed by atoms with van der Waals surface area (Å²) in [5.74, 6) is -0.553. The van der Waals surface area contributed by atoms with Crippen LogP contribution in [-0.2, 0) is 0 Å². The van der Waals surface area contributed by atoms with Gasteiger partial charge in [-0.15, -0.1) is 0 Å². The lowest BCUT2D eigenvalue weighted by molar-refractivity contribution is 0.650. The predicted octanol–water partition coefficient (Wildman–Crippen LogP) is 2.34. The number of hydrogen-bond acceptors (Lipinski definition) is 0. The van der Waals surface area contributed by atoms with Gasteiger partial charge in [-0.05, 0) is 6.92 Å². The molecule has 7 heavy (non-hydrogen) atoms. The number of rotatable bonds is 1. The van der Waals surface area contributed by atoms with Crippen molar-refractivity contribution < 1.29 is 8.78 Å². The first kappa shape index (κ1) is 6.34. The van der Waals surface area contributed by atoms with Crippen molar-refractivity contribution in [2.75, 3.05) is 0 Å². The largest absolute Gasteiger partial charge is 0.215 e. The van der Waals surface area contributed by atoms with E-state index >= 15 is 0 Å². The third-order valence-corrected chi connectivity index (χ3v) is 0.498. The molecule has 0 rings (SSSR count). The second kappa shape index (κ2) is 3.53. The van der Waals surface area contributed by atoms with Gasteiger partial charge in [-0.1, -0.05) is 6.08 Å². The van der Waals surface area contributed by atoms with Gasteiger partial charge in [0.2, 0.25) is 0 Å². The molecule has 2 heteroatoms. The van der Waals surface area contributed by atoms with Crippen molar-refractivity contribution in [1.82, 2.24) is 0 Å². The molecule has 0 fully saturated rings. The van der Waals surface area contributed by atoms with E-state index in [-0.39, 0.29) is 6.33 Å². The van der Waals surface area contributed by atoms with Crippen LogP contribution in [0.5, 0.6) is 0 Å². The summed E-state index contributed by atoms with van der Waals surface area (Å²) < 4.78 is 22.6. The van der Waals surface area contributed by atoms with Crippen LogP contribution in [0.1, 0.15) is 6.92 Å². The number of halogens is 2. The monoisotopic (exact) mass is 104 g/mol. The molecule has 0 nitrogen and oxygen atoms in total. The first-order valence-electron chi connectivity index (χ1n) is 1.90. The second-order valence-electron chi connectivity index (χ2n) is 0.966. The van der Waals surface area contributed by atoms with Crippen molar-refractivity contribution in [2.45, 2.75) is 6.92 Å². The fourth-order valence-corrected chi connectivity index (χ4v) is 0.156. The molecular weight excluding hydrogens is 98.1 g/mol. The van der Waals surface area contributed by atoms with Crippen molar-refractivity contribution in [3.8, 4) is 0 Å². The summed E-state index contributed by atoms with van der Waals surface area (Å²) in [6.07, 6.45) is 2.09. The maximum absolute atomic E-state index is 11.7. The summed E-state index contributed by atoms with van der Waals surface area (Å²) in [4.78, 5) is 0. The molecule has 0 saturated carbocycles. The zero-order valence-corrected chi connectivity index (χ0v) is 3.99. The predicted molar refractivity (Wildman–Crippen MR) is 25.1 cm³/mol. The zero-order chi connectivity index (χ0) is 5.70. The van der Waals surface area contributed by atoms with Gasteiger partial charge in [-0.3, -0.25) is 0 Å². The molecule has 0 saturated heterocycles. The van der Waals surface area contributed by atoms with E-state index in [0.29, 0.717) is 0 Å². The zero-order valence-electron chi connectivity index (χ0n) is 3.99. The van der Waals surface area contributed by atoms with Gasteiger partial charge in [-0.2, -0.15) is 0 Å². The van der Waals surface area contributed by atoms with Crippen LogP contribution >= 0.6 is 0 Å². The molecule has 0 aliphatic rings. The molecule has 40 valence electrons. The lowest BCUT2D eigenvalue weighted by atomic mass is 10.5. The second-order valence-corrected chi connectivity index (χ2v) is 0.966. The minimum Gasteiger partial charge on any atom is -0.215 e. The normalized spacial score (nSPS) is 13.3. The van der Waals surface area contributed by atoms with E-state index in [1.54, 1.807) is 0 Å². The summed E-state index contributed by atoms with van der Waals surface area (Å²) in [5.41, 5.74) is 0. The van der Waals surface area contributed by atoms with Crippen molar-refractivity contribution in [3.63, 3.8) is 0 Å². The van der Waals surface area contributed by atoms with Crippen LogP contribution in [0, 0.1) is 0 Å². The van der Waals surface area contributed by atoms with Gasteiger partial charge < -0.3 is 0 Å². The Morgan fingerprint density at radius 3 is 2.29 bits per heavy atom. The molecule has 0 aromatic heterocycles. The molecule has 0 aliphatic carbocycles. The van der Waals surface area contributed by atoms with Gasteiger partial charge in [0.1, 0.15) is 5.83 Å². The standard InChI is InChI=1S/C5H6F2/c1-2-5(7)3-4-6/h2-4H,1H3/b4-3+,5-2-. The van der Waals surface area contributed by atoms with Crippen LogP contribution in [0.25, 0.3) is 0 Å². The van der Waals surface area contributed by atoms with E-state index in [4.69, 9.17) is 0 Å². The van der Waals surface area contributed by atoms with Crippen LogP contribution in [-0.4, -0.2) is 0 Å². The summed E-state index contributed by atoms with van der Waals surface area (Å²) in [5, 5.41) is 0. The van der Waals surface area contributed by atoms with Gasteiger partial charge in [0.05, 0.1) is 6.33 Å². The number of allylic oxidation sites excluding steroid dienone is 3. The highest BCUT2D eigenvalue weighted by atomic mass is 19.1. The summed E-state index contributed by atoms with van der Waals surface area (Å²) in [7, 11) is 0. The molecule has 0 heterocycles. The highest BCUT2D eigenvalue weighted by Gasteiger charge is 1.77. The Bertz CT molecular complexity index is 92.3. The van der Waals surface area contributed by atoms with Crippen LogP contribution < -0.4 is 0 Å². The molecular formula is C5H6F2. The van der Waals surface area contributed by atoms with Gasteiger partial charge >= 0.3 is 0 Å². The molecule has 0 radical (unpaired) electrons. The Morgan fingerprint density at radius 1 is 1.57 bits per heavy atom. The fraction of sp³-hybridized carbons (Fsp3) is 0.200. The molecule has 0 aliphatic heterocycles. The topological polar surface area (TPSA) is 0 Å². The van der Waals surface area contributed by atoms with E-state index in [2.05, 4.69) is 0 Å². The summed E-state index contributed by atoms with van der Waals surface area (Å²) in [6, 6.07) is 0. The quantitative estimate of drug-likeness (QED) is 0.448. The van der Waals surface area contributed by atoms with Crippen molar-refractivity contribution in [3.05, 3.63) is 24.3 Å². The average Bonchev–Trinajstić information content (AvgIpc) is 1.68. The van der Waals surface area contributed by atoms with Gasteiger partial charge in [0, 0.05) is 6.08 Å². The Hall–Kier alpha value is -0.660. The summed E-state index contributed by atoms with van der Waals surface area (Å²) >= 11 is 0. The molecule has 0 amide bonds. The maximum Gasteiger partial charge on any atom is 0.121 e. The fourth-order valence-electron chi connectivity index (χ4n) is 0.156. The van der Waals surface area contributed by atoms with Crippen molar-refractivity contribution in [1.29, 1.82) is 0 Å². The molecule has 0 spiro atoms. The van der Waals surface area contributed by atoms with Crippen LogP contribution in [0.3, 0.4) is 0 Å². The molecule has 0 aromatic carbocycles. The summed E-state index contributed by atoms with van der Waals surface area (Å²) in [6.45, 7) is 1.50. The van der Waals surface area contributed by atoms with E-state index < -0.39 is 5.83 Å². The Labute approximate surface area is 41.2 Å². The van der Waals surface area contributed by atoms with E-state index in [9.17, 15) is 8.78 Å². The molecule has 0 bridgehead atoms. The highest BCUT2D eigenvalue weighted by molar-refractivity contribution is 5.06. The Kier molecular flexibility index (Phi) is 3.19. The lowest BCUT2D eigenvalue weighted by Gasteiger charge is -1.74. The third kappa shape index (κ3) is 3.16. The smallest absolute Gasteiger partial charge is 0.121 e. The Morgan fingerprint density at radius 2 is 2.14 bits per heavy atom. The first-order valence-corrected chi connectivity index (χ1v) is 1.90. The minimum atomic E-state index is -0.553. The van der Waals surface area contributed by atoms with Gasteiger partial charge in [0.15, 0.2) is 0 Å². The third-order valence-electron chi connectivity index (χ3n) is 0.498. The van der Waals surface area contributed by atoms with Crippen molar-refractivity contribution >= 4 is 0 Å². The van der Waals surface area contributed by atoms with E-state index in [1.165, 1.54) is 13.0 Å².